The van der Waals surface area contributed by atoms with E-state index in [4.69, 9.17) is 0 Å². The van der Waals surface area contributed by atoms with Gasteiger partial charge in [-0.15, -0.1) is 0 Å². The SMILES string of the molecule is CN(c1cnccn1)C1CC1. The van der Waals surface area contributed by atoms with Gasteiger partial charge < -0.3 is 4.90 Å². The minimum absolute atomic E-state index is 0.715. The van der Waals surface area contributed by atoms with Gasteiger partial charge in [-0.05, 0) is 12.8 Å². The molecular formula is C8H11N3. The predicted octanol–water partition coefficient (Wildman–Crippen LogP) is 1.08. The normalized spacial score (nSPS) is 16.5. The lowest BCUT2D eigenvalue weighted by Gasteiger charge is -2.15. The maximum atomic E-state index is 4.20. The van der Waals surface area contributed by atoms with E-state index in [1.165, 1.54) is 12.8 Å². The van der Waals surface area contributed by atoms with Crippen LogP contribution in [0.3, 0.4) is 0 Å². The van der Waals surface area contributed by atoms with Gasteiger partial charge in [0.25, 0.3) is 0 Å². The summed E-state index contributed by atoms with van der Waals surface area (Å²) in [6.45, 7) is 0. The molecule has 0 radical (unpaired) electrons. The zero-order chi connectivity index (χ0) is 7.68. The van der Waals surface area contributed by atoms with E-state index < -0.39 is 0 Å². The average Bonchev–Trinajstić information content (AvgIpc) is 2.87. The molecule has 1 heterocycles. The number of nitrogens with zero attached hydrogens (tertiary/aromatic N) is 3. The van der Waals surface area contributed by atoms with Gasteiger partial charge in [0.15, 0.2) is 0 Å². The molecule has 1 aliphatic carbocycles. The molecule has 1 saturated carbocycles. The molecule has 3 nitrogen and oxygen atoms in total. The highest BCUT2D eigenvalue weighted by atomic mass is 15.2. The third-order valence-electron chi connectivity index (χ3n) is 2.01. The van der Waals surface area contributed by atoms with Crippen LogP contribution in [-0.4, -0.2) is 23.1 Å². The second kappa shape index (κ2) is 2.49. The van der Waals surface area contributed by atoms with Gasteiger partial charge in [0.2, 0.25) is 0 Å². The van der Waals surface area contributed by atoms with Crippen LogP contribution in [0.4, 0.5) is 5.82 Å². The third-order valence-corrected chi connectivity index (χ3v) is 2.01. The Morgan fingerprint density at radius 1 is 1.45 bits per heavy atom. The molecule has 2 rings (SSSR count). The lowest BCUT2D eigenvalue weighted by molar-refractivity contribution is 0.884. The highest BCUT2D eigenvalue weighted by molar-refractivity contribution is 5.36. The molecular weight excluding hydrogens is 138 g/mol. The fourth-order valence-electron chi connectivity index (χ4n) is 1.12. The first kappa shape index (κ1) is 6.58. The summed E-state index contributed by atoms with van der Waals surface area (Å²) in [5.41, 5.74) is 0. The van der Waals surface area contributed by atoms with E-state index in [9.17, 15) is 0 Å². The Bertz CT molecular complexity index is 230. The fraction of sp³-hybridized carbons (Fsp3) is 0.500. The van der Waals surface area contributed by atoms with Crippen molar-refractivity contribution in [1.82, 2.24) is 9.97 Å². The van der Waals surface area contributed by atoms with Gasteiger partial charge in [-0.3, -0.25) is 4.98 Å². The summed E-state index contributed by atoms with van der Waals surface area (Å²) in [6, 6.07) is 0.715. The van der Waals surface area contributed by atoms with Crippen molar-refractivity contribution in [3.05, 3.63) is 18.6 Å². The standard InChI is InChI=1S/C8H11N3/c1-11(7-2-3-7)8-6-9-4-5-10-8/h4-7H,2-3H2,1H3. The number of aromatic nitrogens is 2. The molecule has 1 fully saturated rings. The van der Waals surface area contributed by atoms with Gasteiger partial charge in [0.05, 0.1) is 6.20 Å². The van der Waals surface area contributed by atoms with Crippen molar-refractivity contribution in [2.24, 2.45) is 0 Å². The molecule has 0 atom stereocenters. The summed E-state index contributed by atoms with van der Waals surface area (Å²) in [7, 11) is 2.07. The molecule has 0 aromatic carbocycles. The number of hydrogen-bond acceptors (Lipinski definition) is 3. The molecule has 0 aliphatic heterocycles. The van der Waals surface area contributed by atoms with Crippen molar-refractivity contribution in [1.29, 1.82) is 0 Å². The second-order valence-electron chi connectivity index (χ2n) is 2.91. The van der Waals surface area contributed by atoms with Gasteiger partial charge in [-0.2, -0.15) is 0 Å². The molecule has 11 heavy (non-hydrogen) atoms. The van der Waals surface area contributed by atoms with E-state index in [1.807, 2.05) is 0 Å². The van der Waals surface area contributed by atoms with Crippen LogP contribution in [0.2, 0.25) is 0 Å². The van der Waals surface area contributed by atoms with Crippen molar-refractivity contribution in [3.63, 3.8) is 0 Å². The molecule has 1 aromatic heterocycles. The van der Waals surface area contributed by atoms with Gasteiger partial charge in [-0.25, -0.2) is 4.98 Å². The van der Waals surface area contributed by atoms with E-state index in [1.54, 1.807) is 18.6 Å². The van der Waals surface area contributed by atoms with Crippen molar-refractivity contribution in [2.75, 3.05) is 11.9 Å². The van der Waals surface area contributed by atoms with Gasteiger partial charge in [0.1, 0.15) is 5.82 Å². The summed E-state index contributed by atoms with van der Waals surface area (Å²) >= 11 is 0. The fourth-order valence-corrected chi connectivity index (χ4v) is 1.12. The molecule has 0 bridgehead atoms. The van der Waals surface area contributed by atoms with Crippen LogP contribution in [-0.2, 0) is 0 Å². The largest absolute Gasteiger partial charge is 0.355 e. The minimum Gasteiger partial charge on any atom is -0.355 e. The van der Waals surface area contributed by atoms with E-state index in [2.05, 4.69) is 21.9 Å². The van der Waals surface area contributed by atoms with Crippen LogP contribution in [0.25, 0.3) is 0 Å². The number of rotatable bonds is 2. The van der Waals surface area contributed by atoms with E-state index in [-0.39, 0.29) is 0 Å². The van der Waals surface area contributed by atoms with E-state index in [0.717, 1.165) is 5.82 Å². The van der Waals surface area contributed by atoms with Crippen molar-refractivity contribution < 1.29 is 0 Å². The Hall–Kier alpha value is -1.12. The Morgan fingerprint density at radius 2 is 2.27 bits per heavy atom. The molecule has 0 spiro atoms. The molecule has 1 aromatic rings. The van der Waals surface area contributed by atoms with Crippen LogP contribution >= 0.6 is 0 Å². The lowest BCUT2D eigenvalue weighted by Crippen LogP contribution is -2.20. The van der Waals surface area contributed by atoms with Crippen molar-refractivity contribution in [2.45, 2.75) is 18.9 Å². The highest BCUT2D eigenvalue weighted by Gasteiger charge is 2.26. The molecule has 3 heteroatoms. The maximum absolute atomic E-state index is 4.20. The Labute approximate surface area is 66.1 Å². The molecule has 0 N–H and O–H groups in total. The first-order valence-corrected chi connectivity index (χ1v) is 3.87. The molecule has 0 unspecified atom stereocenters. The van der Waals surface area contributed by atoms with Crippen molar-refractivity contribution >= 4 is 5.82 Å². The number of anilines is 1. The summed E-state index contributed by atoms with van der Waals surface area (Å²) in [6.07, 6.45) is 7.83. The summed E-state index contributed by atoms with van der Waals surface area (Å²) < 4.78 is 0. The molecule has 1 aliphatic rings. The topological polar surface area (TPSA) is 29.0 Å². The van der Waals surface area contributed by atoms with E-state index >= 15 is 0 Å². The van der Waals surface area contributed by atoms with Crippen LogP contribution in [0.1, 0.15) is 12.8 Å². The van der Waals surface area contributed by atoms with Crippen molar-refractivity contribution in [3.8, 4) is 0 Å². The summed E-state index contributed by atoms with van der Waals surface area (Å²) in [5, 5.41) is 0. The van der Waals surface area contributed by atoms with Crippen LogP contribution in [0.15, 0.2) is 18.6 Å². The predicted molar refractivity (Wildman–Crippen MR) is 43.5 cm³/mol. The summed E-state index contributed by atoms with van der Waals surface area (Å²) in [4.78, 5) is 10.4. The molecule has 0 saturated heterocycles. The quantitative estimate of drug-likeness (QED) is 0.630. The Balaban J connectivity index is 2.15. The van der Waals surface area contributed by atoms with Crippen LogP contribution in [0.5, 0.6) is 0 Å². The van der Waals surface area contributed by atoms with Gasteiger partial charge >= 0.3 is 0 Å². The lowest BCUT2D eigenvalue weighted by atomic mass is 10.5. The zero-order valence-electron chi connectivity index (χ0n) is 6.57. The average molecular weight is 149 g/mol. The molecule has 58 valence electrons. The molecule has 0 amide bonds. The maximum Gasteiger partial charge on any atom is 0.147 e. The number of hydrogen-bond donors (Lipinski definition) is 0. The van der Waals surface area contributed by atoms with Crippen LogP contribution in [0, 0.1) is 0 Å². The smallest absolute Gasteiger partial charge is 0.147 e. The first-order chi connectivity index (χ1) is 5.38. The third kappa shape index (κ3) is 1.31. The van der Waals surface area contributed by atoms with Gasteiger partial charge in [-0.1, -0.05) is 0 Å². The minimum atomic E-state index is 0.715. The Kier molecular flexibility index (Phi) is 1.49. The van der Waals surface area contributed by atoms with E-state index in [0.29, 0.717) is 6.04 Å². The Morgan fingerprint density at radius 3 is 2.82 bits per heavy atom. The second-order valence-corrected chi connectivity index (χ2v) is 2.91. The first-order valence-electron chi connectivity index (χ1n) is 3.87. The van der Waals surface area contributed by atoms with Crippen LogP contribution < -0.4 is 4.90 Å². The summed E-state index contributed by atoms with van der Waals surface area (Å²) in [5.74, 6) is 0.981. The monoisotopic (exact) mass is 149 g/mol. The highest BCUT2D eigenvalue weighted by Crippen LogP contribution is 2.28. The van der Waals surface area contributed by atoms with Gasteiger partial charge in [0, 0.05) is 25.5 Å². The zero-order valence-corrected chi connectivity index (χ0v) is 6.57.